The lowest BCUT2D eigenvalue weighted by atomic mass is 10.1. The Morgan fingerprint density at radius 3 is 2.79 bits per heavy atom. The third-order valence-corrected chi connectivity index (χ3v) is 5.56. The highest BCUT2D eigenvalue weighted by Gasteiger charge is 2.27. The molecule has 2 amide bonds. The van der Waals surface area contributed by atoms with Crippen LogP contribution in [0.5, 0.6) is 11.6 Å². The van der Waals surface area contributed by atoms with Crippen molar-refractivity contribution in [2.75, 3.05) is 19.7 Å². The van der Waals surface area contributed by atoms with Gasteiger partial charge in [0.05, 0.1) is 18.2 Å². The zero-order valence-corrected chi connectivity index (χ0v) is 19.0. The third-order valence-electron chi connectivity index (χ3n) is 5.56. The maximum Gasteiger partial charge on any atom is 0.317 e. The molecular weight excluding hydrogens is 423 g/mol. The molecule has 0 radical (unpaired) electrons. The van der Waals surface area contributed by atoms with Gasteiger partial charge >= 0.3 is 6.03 Å². The van der Waals surface area contributed by atoms with Crippen molar-refractivity contribution in [3.8, 4) is 22.9 Å². The highest BCUT2D eigenvalue weighted by atomic mass is 19.1. The molecule has 0 unspecified atom stereocenters. The summed E-state index contributed by atoms with van der Waals surface area (Å²) in [6, 6.07) is 15.6. The number of nitrogens with one attached hydrogen (secondary N) is 1. The molecule has 0 spiro atoms. The van der Waals surface area contributed by atoms with E-state index >= 15 is 0 Å². The molecule has 2 heterocycles. The minimum absolute atomic E-state index is 0.00274. The first-order chi connectivity index (χ1) is 16.0. The van der Waals surface area contributed by atoms with Crippen LogP contribution in [0.2, 0.25) is 0 Å². The Morgan fingerprint density at radius 1 is 1.27 bits per heavy atom. The second-order valence-corrected chi connectivity index (χ2v) is 8.03. The maximum absolute atomic E-state index is 13.8. The Hall–Kier alpha value is -3.39. The van der Waals surface area contributed by atoms with Gasteiger partial charge in [-0.25, -0.2) is 13.9 Å². The average molecular weight is 453 g/mol. The summed E-state index contributed by atoms with van der Waals surface area (Å²) in [5.74, 6) is 0.436. The van der Waals surface area contributed by atoms with E-state index in [4.69, 9.17) is 14.6 Å². The van der Waals surface area contributed by atoms with Crippen LogP contribution < -0.4 is 10.1 Å². The van der Waals surface area contributed by atoms with E-state index in [1.165, 1.54) is 12.1 Å². The van der Waals surface area contributed by atoms with Gasteiger partial charge in [0.1, 0.15) is 17.3 Å². The van der Waals surface area contributed by atoms with Crippen molar-refractivity contribution in [2.45, 2.75) is 32.4 Å². The van der Waals surface area contributed by atoms with Crippen LogP contribution in [0.15, 0.2) is 54.6 Å². The van der Waals surface area contributed by atoms with Crippen LogP contribution >= 0.6 is 0 Å². The Bertz CT molecular complexity index is 1080. The van der Waals surface area contributed by atoms with Gasteiger partial charge in [-0.3, -0.25) is 0 Å². The fraction of sp³-hybridized carbons (Fsp3) is 0.360. The molecule has 2 aromatic carbocycles. The molecule has 4 rings (SSSR count). The minimum atomic E-state index is -0.387. The third kappa shape index (κ3) is 5.51. The number of ether oxygens (including phenoxy) is 2. The van der Waals surface area contributed by atoms with Crippen molar-refractivity contribution >= 4 is 6.03 Å². The minimum Gasteiger partial charge on any atom is -0.439 e. The average Bonchev–Trinajstić information content (AvgIpc) is 3.43. The first-order valence-corrected chi connectivity index (χ1v) is 11.2. The number of aromatic nitrogens is 2. The first kappa shape index (κ1) is 22.8. The number of amides is 2. The number of carbonyl (C=O) groups excluding carboxylic acids is 1. The van der Waals surface area contributed by atoms with Gasteiger partial charge in [0.25, 0.3) is 0 Å². The summed E-state index contributed by atoms with van der Waals surface area (Å²) in [5, 5.41) is 7.59. The van der Waals surface area contributed by atoms with Crippen LogP contribution in [-0.4, -0.2) is 46.5 Å². The Kier molecular flexibility index (Phi) is 7.24. The molecule has 1 saturated heterocycles. The van der Waals surface area contributed by atoms with Gasteiger partial charge in [-0.05, 0) is 31.9 Å². The highest BCUT2D eigenvalue weighted by Crippen LogP contribution is 2.34. The van der Waals surface area contributed by atoms with E-state index in [1.54, 1.807) is 28.8 Å². The molecule has 0 aliphatic carbocycles. The number of nitrogens with zero attached hydrogens (tertiary/aromatic N) is 3. The van der Waals surface area contributed by atoms with Crippen molar-refractivity contribution in [3.63, 3.8) is 0 Å². The van der Waals surface area contributed by atoms with Gasteiger partial charge in [-0.2, -0.15) is 5.10 Å². The summed E-state index contributed by atoms with van der Waals surface area (Å²) in [7, 11) is 1.78. The zero-order chi connectivity index (χ0) is 23.2. The molecule has 1 aliphatic heterocycles. The summed E-state index contributed by atoms with van der Waals surface area (Å²) in [6.07, 6.45) is 1.91. The summed E-state index contributed by atoms with van der Waals surface area (Å²) in [6.45, 7) is 3.86. The number of aryl methyl sites for hydroxylation is 1. The number of halogens is 1. The lowest BCUT2D eigenvalue weighted by Crippen LogP contribution is -2.43. The van der Waals surface area contributed by atoms with Crippen LogP contribution in [0.3, 0.4) is 0 Å². The van der Waals surface area contributed by atoms with E-state index in [0.717, 1.165) is 24.0 Å². The van der Waals surface area contributed by atoms with Gasteiger partial charge in [0, 0.05) is 38.4 Å². The van der Waals surface area contributed by atoms with Gasteiger partial charge in [-0.15, -0.1) is 0 Å². The Balaban J connectivity index is 1.73. The summed E-state index contributed by atoms with van der Waals surface area (Å²) in [4.78, 5) is 14.7. The number of carbonyl (C=O) groups is 1. The molecule has 7 nitrogen and oxygen atoms in total. The number of urea groups is 1. The largest absolute Gasteiger partial charge is 0.439 e. The van der Waals surface area contributed by atoms with E-state index in [2.05, 4.69) is 5.32 Å². The fourth-order valence-electron chi connectivity index (χ4n) is 4.00. The molecule has 1 atom stereocenters. The molecule has 3 aromatic rings. The second kappa shape index (κ2) is 10.5. The first-order valence-electron chi connectivity index (χ1n) is 11.2. The summed E-state index contributed by atoms with van der Waals surface area (Å²) < 4.78 is 27.3. The monoisotopic (exact) mass is 452 g/mol. The van der Waals surface area contributed by atoms with Gasteiger partial charge < -0.3 is 19.7 Å². The molecule has 174 valence electrons. The molecule has 1 aliphatic rings. The van der Waals surface area contributed by atoms with E-state index in [0.29, 0.717) is 37.0 Å². The molecule has 1 N–H and O–H groups in total. The lowest BCUT2D eigenvalue weighted by Gasteiger charge is -2.26. The lowest BCUT2D eigenvalue weighted by molar-refractivity contribution is 0.0794. The van der Waals surface area contributed by atoms with Crippen molar-refractivity contribution in [1.29, 1.82) is 0 Å². The summed E-state index contributed by atoms with van der Waals surface area (Å²) in [5.41, 5.74) is 2.37. The topological polar surface area (TPSA) is 68.6 Å². The molecule has 0 saturated carbocycles. The van der Waals surface area contributed by atoms with Crippen LogP contribution in [0.25, 0.3) is 11.3 Å². The predicted molar refractivity (Wildman–Crippen MR) is 124 cm³/mol. The van der Waals surface area contributed by atoms with Crippen LogP contribution in [0.4, 0.5) is 9.18 Å². The fourth-order valence-corrected chi connectivity index (χ4v) is 4.00. The maximum atomic E-state index is 13.8. The molecule has 1 aromatic heterocycles. The Labute approximate surface area is 193 Å². The number of hydrogen-bond acceptors (Lipinski definition) is 4. The quantitative estimate of drug-likeness (QED) is 0.537. The van der Waals surface area contributed by atoms with E-state index in [-0.39, 0.29) is 24.5 Å². The van der Waals surface area contributed by atoms with Crippen LogP contribution in [0.1, 0.15) is 25.3 Å². The van der Waals surface area contributed by atoms with Gasteiger partial charge in [-0.1, -0.05) is 36.4 Å². The van der Waals surface area contributed by atoms with Crippen molar-refractivity contribution in [1.82, 2.24) is 20.0 Å². The molecular formula is C25H29FN4O3. The Morgan fingerprint density at radius 2 is 2.09 bits per heavy atom. The van der Waals surface area contributed by atoms with E-state index < -0.39 is 0 Å². The highest BCUT2D eigenvalue weighted by molar-refractivity contribution is 5.75. The van der Waals surface area contributed by atoms with Crippen molar-refractivity contribution in [2.24, 2.45) is 7.05 Å². The molecule has 1 fully saturated rings. The predicted octanol–water partition coefficient (Wildman–Crippen LogP) is 4.73. The van der Waals surface area contributed by atoms with Crippen molar-refractivity contribution < 1.29 is 18.7 Å². The normalized spacial score (nSPS) is 15.4. The SMILES string of the molecule is CCNC(=O)N(Cc1c(-c2ccccc2)nn(C)c1Oc1cccc(F)c1)C[C@@H]1CCCO1. The molecule has 8 heteroatoms. The molecule has 33 heavy (non-hydrogen) atoms. The van der Waals surface area contributed by atoms with Crippen molar-refractivity contribution in [3.05, 3.63) is 66.0 Å². The van der Waals surface area contributed by atoms with Crippen LogP contribution in [0, 0.1) is 5.82 Å². The second-order valence-electron chi connectivity index (χ2n) is 8.03. The number of rotatable bonds is 8. The number of benzene rings is 2. The smallest absolute Gasteiger partial charge is 0.317 e. The zero-order valence-electron chi connectivity index (χ0n) is 19.0. The number of hydrogen-bond donors (Lipinski definition) is 1. The van der Waals surface area contributed by atoms with Gasteiger partial charge in [0.15, 0.2) is 0 Å². The van der Waals surface area contributed by atoms with Gasteiger partial charge in [0.2, 0.25) is 5.88 Å². The summed E-state index contributed by atoms with van der Waals surface area (Å²) >= 11 is 0. The molecule has 0 bridgehead atoms. The van der Waals surface area contributed by atoms with Crippen LogP contribution in [-0.2, 0) is 18.3 Å². The standard InChI is InChI=1S/C25H29FN4O3/c1-3-27-25(31)30(16-21-13-8-14-32-21)17-22-23(18-9-5-4-6-10-18)28-29(2)24(22)33-20-12-7-11-19(26)15-20/h4-7,9-12,15,21H,3,8,13-14,16-17H2,1-2H3,(H,27,31)/t21-/m0/s1. The van der Waals surface area contributed by atoms with E-state index in [9.17, 15) is 9.18 Å². The van der Waals surface area contributed by atoms with E-state index in [1.807, 2.05) is 37.3 Å².